The predicted molar refractivity (Wildman–Crippen MR) is 107 cm³/mol. The van der Waals surface area contributed by atoms with Crippen molar-refractivity contribution in [2.24, 2.45) is 0 Å². The first-order valence-corrected chi connectivity index (χ1v) is 9.57. The maximum Gasteiger partial charge on any atom is 0.203 e. The Labute approximate surface area is 167 Å². The molecule has 5 heterocycles. The van der Waals surface area contributed by atoms with Crippen molar-refractivity contribution in [2.45, 2.75) is 13.5 Å². The molecule has 0 unspecified atom stereocenters. The summed E-state index contributed by atoms with van der Waals surface area (Å²) in [4.78, 5) is 22.6. The zero-order chi connectivity index (χ0) is 19.8. The van der Waals surface area contributed by atoms with Crippen LogP contribution in [0.15, 0.2) is 25.0 Å². The van der Waals surface area contributed by atoms with E-state index in [1.807, 2.05) is 22.1 Å². The average Bonchev–Trinajstić information content (AvgIpc) is 3.36. The van der Waals surface area contributed by atoms with Crippen molar-refractivity contribution < 1.29 is 4.74 Å². The maximum atomic E-state index is 5.17. The van der Waals surface area contributed by atoms with E-state index in [-0.39, 0.29) is 0 Å². The number of imidazole rings is 1. The minimum Gasteiger partial charge on any atom is -0.383 e. The van der Waals surface area contributed by atoms with Crippen LogP contribution in [0.1, 0.15) is 5.82 Å². The fourth-order valence-electron chi connectivity index (χ4n) is 3.73. The van der Waals surface area contributed by atoms with Crippen LogP contribution in [0.25, 0.3) is 16.8 Å². The zero-order valence-electron chi connectivity index (χ0n) is 16.4. The smallest absolute Gasteiger partial charge is 0.203 e. The molecule has 0 saturated carbocycles. The van der Waals surface area contributed by atoms with Crippen molar-refractivity contribution in [2.75, 3.05) is 49.7 Å². The second-order valence-corrected chi connectivity index (χ2v) is 6.97. The summed E-state index contributed by atoms with van der Waals surface area (Å²) in [6, 6.07) is 0. The van der Waals surface area contributed by atoms with Crippen molar-refractivity contribution >= 4 is 28.4 Å². The molecule has 0 spiro atoms. The molecule has 0 radical (unpaired) electrons. The minimum atomic E-state index is 0.615. The Morgan fingerprint density at radius 2 is 1.72 bits per heavy atom. The standard InChI is InChI=1S/C18H22N10O/c1-13-23-24-18-17(19-3-4-28(13)18)26-7-5-25(6-8-26)15-14-16(21-11-20-15)27(12-22-14)9-10-29-2/h3-4,11-12H,5-10H2,1-2H3. The fraction of sp³-hybridized carbons (Fsp3) is 0.444. The van der Waals surface area contributed by atoms with Gasteiger partial charge in [-0.1, -0.05) is 0 Å². The number of piperazine rings is 1. The molecule has 150 valence electrons. The third kappa shape index (κ3) is 3.03. The highest BCUT2D eigenvalue weighted by molar-refractivity contribution is 5.83. The topological polar surface area (TPSA) is 102 Å². The molecule has 0 N–H and O–H groups in total. The summed E-state index contributed by atoms with van der Waals surface area (Å²) in [7, 11) is 1.69. The second-order valence-electron chi connectivity index (χ2n) is 6.97. The summed E-state index contributed by atoms with van der Waals surface area (Å²) < 4.78 is 9.14. The summed E-state index contributed by atoms with van der Waals surface area (Å²) in [5.74, 6) is 2.59. The van der Waals surface area contributed by atoms with Crippen LogP contribution in [0, 0.1) is 6.92 Å². The number of fused-ring (bicyclic) bond motifs is 2. The van der Waals surface area contributed by atoms with Gasteiger partial charge in [-0.25, -0.2) is 19.9 Å². The lowest BCUT2D eigenvalue weighted by atomic mass is 10.3. The lowest BCUT2D eigenvalue weighted by Crippen LogP contribution is -2.47. The van der Waals surface area contributed by atoms with Crippen LogP contribution in [0.3, 0.4) is 0 Å². The van der Waals surface area contributed by atoms with E-state index >= 15 is 0 Å². The summed E-state index contributed by atoms with van der Waals surface area (Å²) in [6.45, 7) is 6.52. The van der Waals surface area contributed by atoms with Crippen LogP contribution in [0.2, 0.25) is 0 Å². The van der Waals surface area contributed by atoms with Gasteiger partial charge in [0, 0.05) is 52.2 Å². The third-order valence-electron chi connectivity index (χ3n) is 5.28. The number of methoxy groups -OCH3 is 1. The highest BCUT2D eigenvalue weighted by atomic mass is 16.5. The number of hydrogen-bond donors (Lipinski definition) is 0. The molecule has 0 amide bonds. The van der Waals surface area contributed by atoms with Gasteiger partial charge in [-0.05, 0) is 6.92 Å². The third-order valence-corrected chi connectivity index (χ3v) is 5.28. The average molecular weight is 394 g/mol. The Kier molecular flexibility index (Phi) is 4.43. The molecular weight excluding hydrogens is 372 g/mol. The Balaban J connectivity index is 1.37. The molecule has 0 aliphatic carbocycles. The van der Waals surface area contributed by atoms with Crippen LogP contribution < -0.4 is 9.80 Å². The van der Waals surface area contributed by atoms with E-state index in [1.54, 1.807) is 26.0 Å². The quantitative estimate of drug-likeness (QED) is 0.480. The number of rotatable bonds is 5. The molecule has 4 aromatic heterocycles. The van der Waals surface area contributed by atoms with Gasteiger partial charge in [-0.15, -0.1) is 10.2 Å². The van der Waals surface area contributed by atoms with E-state index in [4.69, 9.17) is 4.74 Å². The largest absolute Gasteiger partial charge is 0.383 e. The Morgan fingerprint density at radius 3 is 2.52 bits per heavy atom. The summed E-state index contributed by atoms with van der Waals surface area (Å²) in [5, 5.41) is 8.46. The maximum absolute atomic E-state index is 5.17. The molecule has 1 saturated heterocycles. The first-order chi connectivity index (χ1) is 14.3. The number of hydrogen-bond acceptors (Lipinski definition) is 9. The number of aryl methyl sites for hydroxylation is 1. The van der Waals surface area contributed by atoms with Crippen molar-refractivity contribution in [1.82, 2.24) is 39.1 Å². The van der Waals surface area contributed by atoms with Crippen LogP contribution in [-0.4, -0.2) is 79.0 Å². The number of nitrogens with zero attached hydrogens (tertiary/aromatic N) is 10. The van der Waals surface area contributed by atoms with Gasteiger partial charge in [0.2, 0.25) is 5.65 Å². The summed E-state index contributed by atoms with van der Waals surface area (Å²) in [5.41, 5.74) is 2.45. The van der Waals surface area contributed by atoms with E-state index in [1.165, 1.54) is 0 Å². The van der Waals surface area contributed by atoms with E-state index in [0.717, 1.165) is 60.5 Å². The first-order valence-electron chi connectivity index (χ1n) is 9.57. The van der Waals surface area contributed by atoms with Crippen LogP contribution in [-0.2, 0) is 11.3 Å². The first kappa shape index (κ1) is 17.7. The molecule has 11 heteroatoms. The van der Waals surface area contributed by atoms with Gasteiger partial charge in [-0.3, -0.25) is 4.40 Å². The fourth-order valence-corrected chi connectivity index (χ4v) is 3.73. The normalized spacial score (nSPS) is 15.0. The Morgan fingerprint density at radius 1 is 0.931 bits per heavy atom. The second kappa shape index (κ2) is 7.24. The van der Waals surface area contributed by atoms with Gasteiger partial charge in [0.1, 0.15) is 12.2 Å². The number of anilines is 2. The number of aromatic nitrogens is 8. The molecule has 0 aromatic carbocycles. The predicted octanol–water partition coefficient (Wildman–Crippen LogP) is 0.545. The molecule has 29 heavy (non-hydrogen) atoms. The molecule has 1 aliphatic heterocycles. The molecule has 5 rings (SSSR count). The zero-order valence-corrected chi connectivity index (χ0v) is 16.4. The van der Waals surface area contributed by atoms with Gasteiger partial charge in [0.25, 0.3) is 0 Å². The molecule has 0 bridgehead atoms. The van der Waals surface area contributed by atoms with E-state index in [2.05, 4.69) is 39.9 Å². The van der Waals surface area contributed by atoms with E-state index < -0.39 is 0 Å². The van der Waals surface area contributed by atoms with Gasteiger partial charge in [0.15, 0.2) is 22.8 Å². The van der Waals surface area contributed by atoms with Crippen molar-refractivity contribution in [3.63, 3.8) is 0 Å². The van der Waals surface area contributed by atoms with Crippen LogP contribution in [0.4, 0.5) is 11.6 Å². The van der Waals surface area contributed by atoms with Crippen molar-refractivity contribution in [1.29, 1.82) is 0 Å². The molecule has 1 fully saturated rings. The summed E-state index contributed by atoms with van der Waals surface area (Å²) >= 11 is 0. The molecule has 0 atom stereocenters. The highest BCUT2D eigenvalue weighted by Crippen LogP contribution is 2.25. The Hall–Kier alpha value is -3.34. The summed E-state index contributed by atoms with van der Waals surface area (Å²) in [6.07, 6.45) is 7.10. The highest BCUT2D eigenvalue weighted by Gasteiger charge is 2.24. The van der Waals surface area contributed by atoms with Gasteiger partial charge >= 0.3 is 0 Å². The molecular formula is C18H22N10O. The molecule has 1 aliphatic rings. The van der Waals surface area contributed by atoms with E-state index in [9.17, 15) is 0 Å². The van der Waals surface area contributed by atoms with Gasteiger partial charge < -0.3 is 19.1 Å². The lowest BCUT2D eigenvalue weighted by molar-refractivity contribution is 0.188. The molecule has 11 nitrogen and oxygen atoms in total. The van der Waals surface area contributed by atoms with Crippen LogP contribution in [0.5, 0.6) is 0 Å². The van der Waals surface area contributed by atoms with Gasteiger partial charge in [-0.2, -0.15) is 0 Å². The Bertz CT molecular complexity index is 1140. The van der Waals surface area contributed by atoms with Crippen LogP contribution >= 0.6 is 0 Å². The van der Waals surface area contributed by atoms with Crippen molar-refractivity contribution in [3.05, 3.63) is 30.9 Å². The van der Waals surface area contributed by atoms with Gasteiger partial charge in [0.05, 0.1) is 12.9 Å². The molecule has 4 aromatic rings. The minimum absolute atomic E-state index is 0.615. The monoisotopic (exact) mass is 394 g/mol. The van der Waals surface area contributed by atoms with E-state index in [0.29, 0.717) is 13.2 Å². The van der Waals surface area contributed by atoms with Crippen molar-refractivity contribution in [3.8, 4) is 0 Å². The lowest BCUT2D eigenvalue weighted by Gasteiger charge is -2.35. The SMILES string of the molecule is COCCn1cnc2c(N3CCN(c4nccn5c(C)nnc45)CC3)ncnc21. The number of ether oxygens (including phenoxy) is 1.